The molecule has 1 aromatic heterocycles. The van der Waals surface area contributed by atoms with E-state index in [1.165, 1.54) is 22.5 Å². The molecule has 4 heterocycles. The fraction of sp³-hybridized carbons (Fsp3) is 0.520. The third kappa shape index (κ3) is 4.84. The summed E-state index contributed by atoms with van der Waals surface area (Å²) in [6.07, 6.45) is 5.30. The number of halogens is 1. The van der Waals surface area contributed by atoms with Crippen LogP contribution < -0.4 is 0 Å². The van der Waals surface area contributed by atoms with Gasteiger partial charge in [-0.25, -0.2) is 12.8 Å². The predicted octanol–water partition coefficient (Wildman–Crippen LogP) is 3.06. The number of carbonyl (C=O) groups excluding carboxylic acids is 1. The van der Waals surface area contributed by atoms with Crippen LogP contribution in [0.3, 0.4) is 0 Å². The lowest BCUT2D eigenvalue weighted by atomic mass is 9.96. The Morgan fingerprint density at radius 3 is 2.58 bits per heavy atom. The second-order valence-corrected chi connectivity index (χ2v) is 11.3. The van der Waals surface area contributed by atoms with E-state index >= 15 is 0 Å². The number of aryl methyl sites for hydroxylation is 1. The third-order valence-corrected chi connectivity index (χ3v) is 9.16. The Bertz CT molecular complexity index is 1240. The second-order valence-electron chi connectivity index (χ2n) is 9.45. The van der Waals surface area contributed by atoms with Crippen molar-refractivity contribution >= 4 is 28.1 Å². The molecule has 11 heteroatoms. The van der Waals surface area contributed by atoms with E-state index in [0.29, 0.717) is 64.1 Å². The number of hydrogen-bond acceptors (Lipinski definition) is 7. The van der Waals surface area contributed by atoms with Crippen LogP contribution in [0.15, 0.2) is 33.7 Å². The zero-order valence-electron chi connectivity index (χ0n) is 20.2. The van der Waals surface area contributed by atoms with Crippen LogP contribution in [0, 0.1) is 18.7 Å². The van der Waals surface area contributed by atoms with Gasteiger partial charge in [0.05, 0.1) is 19.1 Å². The van der Waals surface area contributed by atoms with Crippen LogP contribution in [0.5, 0.6) is 0 Å². The van der Waals surface area contributed by atoms with Gasteiger partial charge in [-0.2, -0.15) is 4.31 Å². The minimum Gasteiger partial charge on any atom is -0.355 e. The molecule has 3 saturated heterocycles. The van der Waals surface area contributed by atoms with Crippen molar-refractivity contribution in [2.24, 2.45) is 5.92 Å². The molecule has 1 aromatic carbocycles. The maximum Gasteiger partial charge on any atom is 0.248 e. The molecule has 2 aromatic rings. The summed E-state index contributed by atoms with van der Waals surface area (Å²) in [5.74, 6) is -1.43. The molecule has 0 aliphatic carbocycles. The highest BCUT2D eigenvalue weighted by atomic mass is 32.2. The summed E-state index contributed by atoms with van der Waals surface area (Å²) in [5, 5.41) is 3.85. The largest absolute Gasteiger partial charge is 0.355 e. The lowest BCUT2D eigenvalue weighted by Crippen LogP contribution is -2.51. The first kappa shape index (κ1) is 25.1. The maximum absolute atomic E-state index is 14.0. The van der Waals surface area contributed by atoms with Crippen LogP contribution in [0.1, 0.15) is 42.7 Å². The van der Waals surface area contributed by atoms with Gasteiger partial charge in [-0.05, 0) is 38.0 Å². The number of likely N-dealkylation sites (tertiary alicyclic amines) is 1. The Labute approximate surface area is 209 Å². The molecule has 194 valence electrons. The van der Waals surface area contributed by atoms with Gasteiger partial charge in [0.25, 0.3) is 0 Å². The van der Waals surface area contributed by atoms with Crippen molar-refractivity contribution in [2.45, 2.75) is 43.3 Å². The third-order valence-electron chi connectivity index (χ3n) is 7.13. The summed E-state index contributed by atoms with van der Waals surface area (Å²) in [6.45, 7) is 4.15. The number of nitrogens with zero attached hydrogens (tertiary/aromatic N) is 3. The Hall–Kier alpha value is -2.60. The van der Waals surface area contributed by atoms with Crippen molar-refractivity contribution in [2.75, 3.05) is 39.4 Å². The number of ether oxygens (including phenoxy) is 2. The van der Waals surface area contributed by atoms with Crippen molar-refractivity contribution in [1.82, 2.24) is 14.4 Å². The zero-order valence-corrected chi connectivity index (χ0v) is 21.0. The van der Waals surface area contributed by atoms with Crippen molar-refractivity contribution in [3.63, 3.8) is 0 Å². The van der Waals surface area contributed by atoms with Crippen LogP contribution in [-0.4, -0.2) is 73.9 Å². The molecule has 1 spiro atoms. The van der Waals surface area contributed by atoms with E-state index in [2.05, 4.69) is 5.16 Å². The summed E-state index contributed by atoms with van der Waals surface area (Å²) in [4.78, 5) is 15.0. The predicted molar refractivity (Wildman–Crippen MR) is 128 cm³/mol. The Balaban J connectivity index is 1.30. The first-order chi connectivity index (χ1) is 17.3. The van der Waals surface area contributed by atoms with Gasteiger partial charge < -0.3 is 18.9 Å². The van der Waals surface area contributed by atoms with E-state index in [-0.39, 0.29) is 28.8 Å². The standard InChI is InChI=1S/C25H30FN3O6S/c1-18-23(22(35-27-18)9-8-19-5-2-3-7-21(19)26)36(31,32)29-12-4-6-20(17-29)24(30)28-13-10-25(11-14-28)33-15-16-34-25/h2-3,5,7-9,20H,4,6,10-17H2,1H3/b9-8+. The Morgan fingerprint density at radius 2 is 1.86 bits per heavy atom. The lowest BCUT2D eigenvalue weighted by Gasteiger charge is -2.40. The molecule has 1 atom stereocenters. The number of aromatic nitrogens is 1. The summed E-state index contributed by atoms with van der Waals surface area (Å²) in [7, 11) is -3.99. The van der Waals surface area contributed by atoms with Gasteiger partial charge in [-0.15, -0.1) is 0 Å². The maximum atomic E-state index is 14.0. The normalized spacial score (nSPS) is 23.1. The number of rotatable bonds is 5. The Kier molecular flexibility index (Phi) is 6.99. The molecule has 1 unspecified atom stereocenters. The molecule has 1 amide bonds. The fourth-order valence-corrected chi connectivity index (χ4v) is 6.95. The minimum absolute atomic E-state index is 0.0297. The van der Waals surface area contributed by atoms with Crippen molar-refractivity contribution in [1.29, 1.82) is 0 Å². The van der Waals surface area contributed by atoms with E-state index in [0.717, 1.165) is 0 Å². The summed E-state index contributed by atoms with van der Waals surface area (Å²) in [5.41, 5.74) is 0.518. The number of hydrogen-bond donors (Lipinski definition) is 0. The van der Waals surface area contributed by atoms with E-state index in [4.69, 9.17) is 14.0 Å². The van der Waals surface area contributed by atoms with E-state index in [9.17, 15) is 17.6 Å². The monoisotopic (exact) mass is 519 g/mol. The molecular weight excluding hydrogens is 489 g/mol. The molecule has 0 saturated carbocycles. The second kappa shape index (κ2) is 10.0. The molecule has 3 aliphatic heterocycles. The highest BCUT2D eigenvalue weighted by Crippen LogP contribution is 2.34. The van der Waals surface area contributed by atoms with Crippen LogP contribution in [0.2, 0.25) is 0 Å². The Morgan fingerprint density at radius 1 is 1.14 bits per heavy atom. The molecule has 5 rings (SSSR count). The van der Waals surface area contributed by atoms with E-state index in [1.807, 2.05) is 0 Å². The molecule has 3 aliphatic rings. The first-order valence-electron chi connectivity index (χ1n) is 12.2. The number of benzene rings is 1. The SMILES string of the molecule is Cc1noc(/C=C/c2ccccc2F)c1S(=O)(=O)N1CCCC(C(=O)N2CCC3(CC2)OCCO3)C1. The van der Waals surface area contributed by atoms with Gasteiger partial charge in [0.2, 0.25) is 15.9 Å². The molecule has 36 heavy (non-hydrogen) atoms. The highest BCUT2D eigenvalue weighted by Gasteiger charge is 2.43. The topological polar surface area (TPSA) is 102 Å². The van der Waals surface area contributed by atoms with Crippen molar-refractivity contribution in [3.05, 3.63) is 47.1 Å². The van der Waals surface area contributed by atoms with Gasteiger partial charge in [0.1, 0.15) is 11.5 Å². The van der Waals surface area contributed by atoms with Gasteiger partial charge in [0.15, 0.2) is 16.4 Å². The fourth-order valence-electron chi connectivity index (χ4n) is 5.18. The van der Waals surface area contributed by atoms with E-state index in [1.54, 1.807) is 30.0 Å². The summed E-state index contributed by atoms with van der Waals surface area (Å²) < 4.78 is 59.4. The molecule has 0 N–H and O–H groups in total. The first-order valence-corrected chi connectivity index (χ1v) is 13.7. The number of sulfonamides is 1. The number of carbonyl (C=O) groups is 1. The van der Waals surface area contributed by atoms with Crippen LogP contribution in [-0.2, 0) is 24.3 Å². The lowest BCUT2D eigenvalue weighted by molar-refractivity contribution is -0.188. The van der Waals surface area contributed by atoms with Gasteiger partial charge in [-0.3, -0.25) is 4.79 Å². The summed E-state index contributed by atoms with van der Waals surface area (Å²) >= 11 is 0. The number of amides is 1. The highest BCUT2D eigenvalue weighted by molar-refractivity contribution is 7.89. The average molecular weight is 520 g/mol. The number of piperidine rings is 2. The van der Waals surface area contributed by atoms with Crippen LogP contribution in [0.4, 0.5) is 4.39 Å². The molecule has 9 nitrogen and oxygen atoms in total. The van der Waals surface area contributed by atoms with E-state index < -0.39 is 27.5 Å². The molecule has 0 bridgehead atoms. The van der Waals surface area contributed by atoms with Gasteiger partial charge in [-0.1, -0.05) is 23.4 Å². The van der Waals surface area contributed by atoms with Crippen LogP contribution in [0.25, 0.3) is 12.2 Å². The smallest absolute Gasteiger partial charge is 0.248 e. The van der Waals surface area contributed by atoms with Crippen molar-refractivity contribution < 1.29 is 31.6 Å². The van der Waals surface area contributed by atoms with Crippen molar-refractivity contribution in [3.8, 4) is 0 Å². The van der Waals surface area contributed by atoms with Gasteiger partial charge in [0, 0.05) is 44.6 Å². The van der Waals surface area contributed by atoms with Crippen LogP contribution >= 0.6 is 0 Å². The molecule has 3 fully saturated rings. The molecular formula is C25H30FN3O6S. The zero-order chi connectivity index (χ0) is 25.3. The minimum atomic E-state index is -3.99. The van der Waals surface area contributed by atoms with Gasteiger partial charge >= 0.3 is 0 Å². The summed E-state index contributed by atoms with van der Waals surface area (Å²) in [6, 6.07) is 6.17. The average Bonchev–Trinajstić information content (AvgIpc) is 3.50. The molecule has 0 radical (unpaired) electrons. The quantitative estimate of drug-likeness (QED) is 0.598.